The number of carbonyl (C=O) groups excluding carboxylic acids is 1. The summed E-state index contributed by atoms with van der Waals surface area (Å²) >= 11 is 7.57. The lowest BCUT2D eigenvalue weighted by Gasteiger charge is -2.14. The van der Waals surface area contributed by atoms with Crippen LogP contribution in [0.4, 0.5) is 5.69 Å². The minimum absolute atomic E-state index is 0.103. The van der Waals surface area contributed by atoms with Gasteiger partial charge < -0.3 is 10.1 Å². The van der Waals surface area contributed by atoms with Crippen molar-refractivity contribution in [1.82, 2.24) is 14.8 Å². The Hall–Kier alpha value is -3.29. The Balaban J connectivity index is 1.60. The zero-order chi connectivity index (χ0) is 24.8. The number of nitrogens with zero attached hydrogens (tertiary/aromatic N) is 3. The maximum absolute atomic E-state index is 12.8. The molecule has 0 spiro atoms. The second kappa shape index (κ2) is 11.4. The average molecular weight is 507 g/mol. The second-order valence-corrected chi connectivity index (χ2v) is 9.54. The summed E-state index contributed by atoms with van der Waals surface area (Å²) in [6.45, 7) is 6.76. The summed E-state index contributed by atoms with van der Waals surface area (Å²) in [6, 6.07) is 23.1. The van der Waals surface area contributed by atoms with Gasteiger partial charge in [-0.1, -0.05) is 67.5 Å². The molecule has 35 heavy (non-hydrogen) atoms. The topological polar surface area (TPSA) is 69.0 Å². The number of hydrogen-bond acceptors (Lipinski definition) is 5. The first kappa shape index (κ1) is 24.8. The van der Waals surface area contributed by atoms with Crippen LogP contribution in [0.25, 0.3) is 17.1 Å². The molecule has 4 aromatic rings. The molecule has 0 unspecified atom stereocenters. The smallest absolute Gasteiger partial charge is 0.234 e. The second-order valence-electron chi connectivity index (χ2n) is 8.16. The number of thioether (sulfide) groups is 1. The molecule has 3 aromatic carbocycles. The molecule has 0 aliphatic carbocycles. The molecule has 1 N–H and O–H groups in total. The number of carbonyl (C=O) groups is 1. The molecule has 0 fully saturated rings. The van der Waals surface area contributed by atoms with E-state index in [4.69, 9.17) is 16.3 Å². The molecule has 0 radical (unpaired) electrons. The van der Waals surface area contributed by atoms with Gasteiger partial charge in [0.15, 0.2) is 11.0 Å². The van der Waals surface area contributed by atoms with Crippen molar-refractivity contribution >= 4 is 35.0 Å². The van der Waals surface area contributed by atoms with E-state index in [1.165, 1.54) is 11.8 Å². The van der Waals surface area contributed by atoms with Crippen molar-refractivity contribution in [2.24, 2.45) is 0 Å². The molecule has 8 heteroatoms. The van der Waals surface area contributed by atoms with Crippen LogP contribution in [0.3, 0.4) is 0 Å². The highest BCUT2D eigenvalue weighted by Gasteiger charge is 2.18. The summed E-state index contributed by atoms with van der Waals surface area (Å²) in [7, 11) is 0. The van der Waals surface area contributed by atoms with Crippen LogP contribution in [0, 0.1) is 0 Å². The molecule has 0 atom stereocenters. The Morgan fingerprint density at radius 1 is 1.06 bits per heavy atom. The van der Waals surface area contributed by atoms with Gasteiger partial charge in [-0.05, 0) is 60.9 Å². The van der Waals surface area contributed by atoms with Crippen molar-refractivity contribution < 1.29 is 9.53 Å². The van der Waals surface area contributed by atoms with Crippen LogP contribution in [0.15, 0.2) is 78.0 Å². The van der Waals surface area contributed by atoms with Crippen LogP contribution < -0.4 is 10.1 Å². The third-order valence-electron chi connectivity index (χ3n) is 5.31. The number of benzene rings is 3. The average Bonchev–Trinajstić information content (AvgIpc) is 3.28. The van der Waals surface area contributed by atoms with Gasteiger partial charge in [0.25, 0.3) is 0 Å². The highest BCUT2D eigenvalue weighted by molar-refractivity contribution is 7.99. The van der Waals surface area contributed by atoms with Crippen molar-refractivity contribution in [3.05, 3.63) is 83.4 Å². The Bertz CT molecular complexity index is 1300. The van der Waals surface area contributed by atoms with Crippen LogP contribution >= 0.6 is 23.4 Å². The summed E-state index contributed by atoms with van der Waals surface area (Å²) in [6.07, 6.45) is 0. The Morgan fingerprint density at radius 3 is 2.54 bits per heavy atom. The highest BCUT2D eigenvalue weighted by atomic mass is 35.5. The molecular formula is C27H27ClN4O2S. The third kappa shape index (κ3) is 6.05. The summed E-state index contributed by atoms with van der Waals surface area (Å²) in [5.41, 5.74) is 3.63. The van der Waals surface area contributed by atoms with Crippen LogP contribution in [-0.2, 0) is 4.79 Å². The van der Waals surface area contributed by atoms with Crippen LogP contribution in [0.5, 0.6) is 5.75 Å². The minimum atomic E-state index is -0.103. The zero-order valence-electron chi connectivity index (χ0n) is 19.9. The largest absolute Gasteiger partial charge is 0.494 e. The lowest BCUT2D eigenvalue weighted by Crippen LogP contribution is -2.16. The molecule has 1 aromatic heterocycles. The van der Waals surface area contributed by atoms with Crippen LogP contribution in [-0.4, -0.2) is 33.0 Å². The van der Waals surface area contributed by atoms with Crippen LogP contribution in [0.2, 0.25) is 5.02 Å². The van der Waals surface area contributed by atoms with Crippen molar-refractivity contribution in [2.45, 2.75) is 31.8 Å². The molecule has 0 aliphatic heterocycles. The van der Waals surface area contributed by atoms with Crippen molar-refractivity contribution in [3.63, 3.8) is 0 Å². The zero-order valence-corrected chi connectivity index (χ0v) is 21.4. The summed E-state index contributed by atoms with van der Waals surface area (Å²) in [4.78, 5) is 12.8. The molecule has 1 heterocycles. The first-order valence-electron chi connectivity index (χ1n) is 11.4. The van der Waals surface area contributed by atoms with Gasteiger partial charge in [-0.25, -0.2) is 0 Å². The molecule has 0 saturated heterocycles. The number of halogens is 1. The number of nitrogens with one attached hydrogen (secondary N) is 1. The van der Waals surface area contributed by atoms with E-state index in [0.717, 1.165) is 28.3 Å². The first-order valence-corrected chi connectivity index (χ1v) is 12.8. The standard InChI is InChI=1S/C27H27ClN4O2S/c1-4-34-22-14-12-21(13-15-22)32-26(19-8-7-9-20(28)16-19)30-31-27(32)35-17-25(33)29-24-11-6-5-10-23(24)18(2)3/h5-16,18H,4,17H2,1-3H3,(H,29,33). The quantitative estimate of drug-likeness (QED) is 0.252. The number of hydrogen-bond donors (Lipinski definition) is 1. The van der Waals surface area contributed by atoms with Gasteiger partial charge in [-0.15, -0.1) is 10.2 Å². The summed E-state index contributed by atoms with van der Waals surface area (Å²) in [5, 5.41) is 13.1. The molecule has 0 saturated carbocycles. The van der Waals surface area contributed by atoms with Gasteiger partial charge in [0.05, 0.1) is 12.4 Å². The number of rotatable bonds is 9. The van der Waals surface area contributed by atoms with E-state index >= 15 is 0 Å². The normalized spacial score (nSPS) is 11.0. The number of amides is 1. The third-order valence-corrected chi connectivity index (χ3v) is 6.48. The summed E-state index contributed by atoms with van der Waals surface area (Å²) in [5.74, 6) is 1.82. The number of aromatic nitrogens is 3. The maximum Gasteiger partial charge on any atom is 0.234 e. The monoisotopic (exact) mass is 506 g/mol. The van der Waals surface area contributed by atoms with Gasteiger partial charge in [0, 0.05) is 22.0 Å². The van der Waals surface area contributed by atoms with Gasteiger partial charge >= 0.3 is 0 Å². The number of para-hydroxylation sites is 1. The molecule has 0 bridgehead atoms. The highest BCUT2D eigenvalue weighted by Crippen LogP contribution is 2.30. The first-order chi connectivity index (χ1) is 17.0. The Kier molecular flexibility index (Phi) is 8.10. The van der Waals surface area contributed by atoms with Gasteiger partial charge in [-0.2, -0.15) is 0 Å². The SMILES string of the molecule is CCOc1ccc(-n2c(SCC(=O)Nc3ccccc3C(C)C)nnc2-c2cccc(Cl)c2)cc1. The van der Waals surface area contributed by atoms with E-state index in [2.05, 4.69) is 29.4 Å². The van der Waals surface area contributed by atoms with Crippen molar-refractivity contribution in [3.8, 4) is 22.8 Å². The van der Waals surface area contributed by atoms with E-state index in [-0.39, 0.29) is 11.7 Å². The van der Waals surface area contributed by atoms with E-state index in [1.54, 1.807) is 0 Å². The molecule has 6 nitrogen and oxygen atoms in total. The molecule has 4 rings (SSSR count). The molecule has 0 aliphatic rings. The van der Waals surface area contributed by atoms with E-state index in [0.29, 0.717) is 28.5 Å². The molecule has 1 amide bonds. The van der Waals surface area contributed by atoms with Crippen molar-refractivity contribution in [2.75, 3.05) is 17.7 Å². The Labute approximate surface area is 214 Å². The molecule has 180 valence electrons. The fourth-order valence-electron chi connectivity index (χ4n) is 3.70. The van der Waals surface area contributed by atoms with E-state index in [1.807, 2.05) is 84.3 Å². The van der Waals surface area contributed by atoms with Gasteiger partial charge in [0.2, 0.25) is 5.91 Å². The van der Waals surface area contributed by atoms with Gasteiger partial charge in [-0.3, -0.25) is 9.36 Å². The van der Waals surface area contributed by atoms with Crippen LogP contribution in [0.1, 0.15) is 32.3 Å². The number of anilines is 1. The predicted octanol–water partition coefficient (Wildman–Crippen LogP) is 6.84. The minimum Gasteiger partial charge on any atom is -0.494 e. The van der Waals surface area contributed by atoms with E-state index < -0.39 is 0 Å². The number of ether oxygens (including phenoxy) is 1. The fraction of sp³-hybridized carbons (Fsp3) is 0.222. The van der Waals surface area contributed by atoms with Gasteiger partial charge in [0.1, 0.15) is 5.75 Å². The maximum atomic E-state index is 12.8. The lowest BCUT2D eigenvalue weighted by atomic mass is 10.0. The Morgan fingerprint density at radius 2 is 1.83 bits per heavy atom. The lowest BCUT2D eigenvalue weighted by molar-refractivity contribution is -0.113. The summed E-state index contributed by atoms with van der Waals surface area (Å²) < 4.78 is 7.52. The molecular weight excluding hydrogens is 480 g/mol. The predicted molar refractivity (Wildman–Crippen MR) is 143 cm³/mol. The van der Waals surface area contributed by atoms with Crippen molar-refractivity contribution in [1.29, 1.82) is 0 Å². The van der Waals surface area contributed by atoms with E-state index in [9.17, 15) is 4.79 Å². The fourth-order valence-corrected chi connectivity index (χ4v) is 4.64.